The molecular formula is C24H32ClNO6S3. The highest BCUT2D eigenvalue weighted by molar-refractivity contribution is 7.92. The number of ether oxygens (including phenoxy) is 2. The summed E-state index contributed by atoms with van der Waals surface area (Å²) >= 11 is 8.82. The predicted molar refractivity (Wildman–Crippen MR) is 141 cm³/mol. The molecule has 35 heavy (non-hydrogen) atoms. The molecule has 1 unspecified atom stereocenters. The second-order valence-corrected chi connectivity index (χ2v) is 15.8. The smallest absolute Gasteiger partial charge is 0.410 e. The molecule has 1 amide bonds. The van der Waals surface area contributed by atoms with Crippen LogP contribution in [0.4, 0.5) is 4.79 Å². The zero-order valence-electron chi connectivity index (χ0n) is 20.8. The number of rotatable bonds is 4. The van der Waals surface area contributed by atoms with E-state index in [4.69, 9.17) is 21.1 Å². The molecule has 194 valence electrons. The maximum Gasteiger partial charge on any atom is 0.410 e. The van der Waals surface area contributed by atoms with E-state index in [1.54, 1.807) is 53.7 Å². The molecule has 0 saturated carbocycles. The first kappa shape index (κ1) is 28.0. The molecule has 7 nitrogen and oxygen atoms in total. The number of thiophene rings is 2. The summed E-state index contributed by atoms with van der Waals surface area (Å²) in [7, 11) is -3.86. The highest BCUT2D eigenvalue weighted by Gasteiger charge is 2.51. The normalized spacial score (nSPS) is 20.8. The van der Waals surface area contributed by atoms with Gasteiger partial charge < -0.3 is 14.4 Å². The van der Waals surface area contributed by atoms with Crippen LogP contribution in [0.5, 0.6) is 0 Å². The summed E-state index contributed by atoms with van der Waals surface area (Å²) in [4.78, 5) is 29.5. The Morgan fingerprint density at radius 3 is 2.14 bits per heavy atom. The number of hydrogen-bond acceptors (Lipinski definition) is 8. The van der Waals surface area contributed by atoms with Gasteiger partial charge in [0.15, 0.2) is 9.84 Å². The first-order chi connectivity index (χ1) is 16.0. The van der Waals surface area contributed by atoms with Crippen molar-refractivity contribution >= 4 is 56.2 Å². The van der Waals surface area contributed by atoms with Crippen molar-refractivity contribution in [1.82, 2.24) is 4.90 Å². The minimum absolute atomic E-state index is 0.00786. The van der Waals surface area contributed by atoms with Gasteiger partial charge in [0.1, 0.15) is 15.9 Å². The van der Waals surface area contributed by atoms with Crippen LogP contribution < -0.4 is 0 Å². The Morgan fingerprint density at radius 1 is 0.971 bits per heavy atom. The van der Waals surface area contributed by atoms with Gasteiger partial charge in [0.2, 0.25) is 0 Å². The third-order valence-corrected chi connectivity index (χ3v) is 10.7. The number of carbonyl (C=O) groups is 2. The summed E-state index contributed by atoms with van der Waals surface area (Å²) in [6.07, 6.45) is -0.848. The molecule has 0 aliphatic carbocycles. The van der Waals surface area contributed by atoms with E-state index >= 15 is 0 Å². The van der Waals surface area contributed by atoms with Crippen LogP contribution >= 0.6 is 34.3 Å². The standard InChI is InChI=1S/C24H32ClNO6S3/c1-22(2,3)31-20(27)15-24(18-9-7-16(33-18)17-8-10-19(25)34-17)11-12-26(13-14-35(24,29)30)21(28)32-23(4,5)6/h7-10H,11-15H2,1-6H3. The van der Waals surface area contributed by atoms with E-state index in [9.17, 15) is 18.0 Å². The summed E-state index contributed by atoms with van der Waals surface area (Å²) in [6, 6.07) is 7.29. The van der Waals surface area contributed by atoms with Gasteiger partial charge in [0, 0.05) is 27.7 Å². The summed E-state index contributed by atoms with van der Waals surface area (Å²) in [5.74, 6) is -0.881. The fraction of sp³-hybridized carbons (Fsp3) is 0.583. The first-order valence-electron chi connectivity index (χ1n) is 11.3. The van der Waals surface area contributed by atoms with Crippen LogP contribution in [0.15, 0.2) is 24.3 Å². The largest absolute Gasteiger partial charge is 0.460 e. The molecule has 0 radical (unpaired) electrons. The number of esters is 1. The molecule has 3 heterocycles. The van der Waals surface area contributed by atoms with Crippen LogP contribution in [0, 0.1) is 0 Å². The molecule has 11 heteroatoms. The number of amides is 1. The fourth-order valence-electron chi connectivity index (χ4n) is 3.85. The van der Waals surface area contributed by atoms with Gasteiger partial charge >= 0.3 is 12.1 Å². The Kier molecular flexibility index (Phi) is 8.01. The van der Waals surface area contributed by atoms with Crippen LogP contribution in [-0.2, 0) is 28.9 Å². The van der Waals surface area contributed by atoms with E-state index in [2.05, 4.69) is 0 Å². The van der Waals surface area contributed by atoms with Gasteiger partial charge in [-0.3, -0.25) is 4.79 Å². The molecule has 2 aromatic rings. The number of nitrogens with zero attached hydrogens (tertiary/aromatic N) is 1. The maximum atomic E-state index is 13.8. The van der Waals surface area contributed by atoms with Crippen molar-refractivity contribution in [3.8, 4) is 9.75 Å². The van der Waals surface area contributed by atoms with Crippen molar-refractivity contribution in [3.05, 3.63) is 33.5 Å². The molecule has 1 aliphatic heterocycles. The van der Waals surface area contributed by atoms with Gasteiger partial charge in [-0.25, -0.2) is 13.2 Å². The quantitative estimate of drug-likeness (QED) is 0.418. The molecule has 1 atom stereocenters. The lowest BCUT2D eigenvalue weighted by molar-refractivity contribution is -0.155. The summed E-state index contributed by atoms with van der Waals surface area (Å²) in [5, 5.41) is 0. The number of sulfone groups is 1. The first-order valence-corrected chi connectivity index (χ1v) is 15.0. The Bertz CT molecular complexity index is 1190. The molecule has 1 saturated heterocycles. The zero-order valence-corrected chi connectivity index (χ0v) is 24.0. The van der Waals surface area contributed by atoms with Crippen molar-refractivity contribution in [2.24, 2.45) is 0 Å². The van der Waals surface area contributed by atoms with Crippen molar-refractivity contribution in [3.63, 3.8) is 0 Å². The van der Waals surface area contributed by atoms with E-state index < -0.39 is 37.8 Å². The van der Waals surface area contributed by atoms with Crippen LogP contribution in [-0.4, -0.2) is 55.4 Å². The van der Waals surface area contributed by atoms with Crippen molar-refractivity contribution in [2.75, 3.05) is 18.8 Å². The molecule has 2 aromatic heterocycles. The van der Waals surface area contributed by atoms with E-state index in [1.807, 2.05) is 12.1 Å². The lowest BCUT2D eigenvalue weighted by Crippen LogP contribution is -2.40. The Balaban J connectivity index is 2.02. The van der Waals surface area contributed by atoms with Crippen molar-refractivity contribution in [2.45, 2.75) is 70.3 Å². The van der Waals surface area contributed by atoms with E-state index in [1.165, 1.54) is 27.6 Å². The topological polar surface area (TPSA) is 90.0 Å². The average molecular weight is 562 g/mol. The molecule has 3 rings (SSSR count). The van der Waals surface area contributed by atoms with Gasteiger partial charge in [-0.1, -0.05) is 11.6 Å². The third kappa shape index (κ3) is 6.78. The average Bonchev–Trinajstić information content (AvgIpc) is 3.30. The minimum Gasteiger partial charge on any atom is -0.460 e. The fourth-order valence-corrected chi connectivity index (χ4v) is 8.58. The highest BCUT2D eigenvalue weighted by Crippen LogP contribution is 2.46. The summed E-state index contributed by atoms with van der Waals surface area (Å²) in [6.45, 7) is 10.6. The third-order valence-electron chi connectivity index (χ3n) is 5.38. The molecule has 0 bridgehead atoms. The Morgan fingerprint density at radius 2 is 1.57 bits per heavy atom. The summed E-state index contributed by atoms with van der Waals surface area (Å²) in [5.41, 5.74) is -1.47. The Hall–Kier alpha value is -1.62. The maximum absolute atomic E-state index is 13.8. The molecule has 1 aliphatic rings. The number of halogens is 1. The zero-order chi connectivity index (χ0) is 26.2. The minimum atomic E-state index is -3.86. The molecule has 0 N–H and O–H groups in total. The van der Waals surface area contributed by atoms with Crippen LogP contribution in [0.2, 0.25) is 4.34 Å². The van der Waals surface area contributed by atoms with E-state index in [-0.39, 0.29) is 31.7 Å². The van der Waals surface area contributed by atoms with Gasteiger partial charge in [-0.2, -0.15) is 0 Å². The summed E-state index contributed by atoms with van der Waals surface area (Å²) < 4.78 is 37.8. The van der Waals surface area contributed by atoms with Gasteiger partial charge in [0.05, 0.1) is 16.5 Å². The van der Waals surface area contributed by atoms with Crippen LogP contribution in [0.3, 0.4) is 0 Å². The highest BCUT2D eigenvalue weighted by atomic mass is 35.5. The molecule has 0 aromatic carbocycles. The lowest BCUT2D eigenvalue weighted by Gasteiger charge is -2.32. The monoisotopic (exact) mass is 561 g/mol. The Labute approximate surface area is 220 Å². The van der Waals surface area contributed by atoms with Crippen LogP contribution in [0.1, 0.15) is 59.3 Å². The second-order valence-electron chi connectivity index (χ2n) is 10.6. The molecule has 1 fully saturated rings. The molecular weight excluding hydrogens is 530 g/mol. The van der Waals surface area contributed by atoms with Gasteiger partial charge in [-0.05, 0) is 72.2 Å². The molecule has 0 spiro atoms. The SMILES string of the molecule is CC(C)(C)OC(=O)CC1(c2ccc(-c3ccc(Cl)s3)s2)CCN(C(=O)OC(C)(C)C)CCS1(=O)=O. The number of hydrogen-bond donors (Lipinski definition) is 0. The van der Waals surface area contributed by atoms with Crippen molar-refractivity contribution < 1.29 is 27.5 Å². The van der Waals surface area contributed by atoms with Crippen molar-refractivity contribution in [1.29, 1.82) is 0 Å². The second kappa shape index (κ2) is 10.0. The van der Waals surface area contributed by atoms with Gasteiger partial charge in [-0.15, -0.1) is 22.7 Å². The lowest BCUT2D eigenvalue weighted by atomic mass is 9.97. The number of carbonyl (C=O) groups excluding carboxylic acids is 2. The van der Waals surface area contributed by atoms with E-state index in [0.29, 0.717) is 9.21 Å². The van der Waals surface area contributed by atoms with Gasteiger partial charge in [0.25, 0.3) is 0 Å². The van der Waals surface area contributed by atoms with Crippen LogP contribution in [0.25, 0.3) is 9.75 Å². The predicted octanol–water partition coefficient (Wildman–Crippen LogP) is 6.11. The van der Waals surface area contributed by atoms with E-state index in [0.717, 1.165) is 9.75 Å².